The molecule has 4 rings (SSSR count). The highest BCUT2D eigenvalue weighted by Gasteiger charge is 2.46. The average molecular weight is 432 g/mol. The van der Waals surface area contributed by atoms with Crippen LogP contribution in [-0.4, -0.2) is 36.3 Å². The lowest BCUT2D eigenvalue weighted by Gasteiger charge is -2.34. The number of benzene rings is 3. The summed E-state index contributed by atoms with van der Waals surface area (Å²) in [5.74, 6) is 1.65. The van der Waals surface area contributed by atoms with Crippen LogP contribution in [0.15, 0.2) is 78.9 Å². The summed E-state index contributed by atoms with van der Waals surface area (Å²) in [7, 11) is 1.67. The smallest absolute Gasteiger partial charge is 0.161 e. The molecule has 0 radical (unpaired) electrons. The zero-order chi connectivity index (χ0) is 22.6. The summed E-state index contributed by atoms with van der Waals surface area (Å²) < 4.78 is 11.7. The molecule has 1 aliphatic rings. The highest BCUT2D eigenvalue weighted by atomic mass is 16.5. The van der Waals surface area contributed by atoms with E-state index in [0.717, 1.165) is 36.7 Å². The van der Waals surface area contributed by atoms with Crippen molar-refractivity contribution in [3.05, 3.63) is 95.6 Å². The molecule has 1 N–H and O–H groups in total. The van der Waals surface area contributed by atoms with Gasteiger partial charge in [-0.2, -0.15) is 0 Å². The van der Waals surface area contributed by atoms with Gasteiger partial charge in [0.15, 0.2) is 11.5 Å². The van der Waals surface area contributed by atoms with Gasteiger partial charge in [0.2, 0.25) is 0 Å². The van der Waals surface area contributed by atoms with Crippen molar-refractivity contribution in [3.8, 4) is 11.5 Å². The van der Waals surface area contributed by atoms with Crippen LogP contribution >= 0.6 is 0 Å². The number of aliphatic hydroxyl groups excluding tert-OH is 1. The van der Waals surface area contributed by atoms with Crippen LogP contribution in [-0.2, 0) is 13.2 Å². The van der Waals surface area contributed by atoms with Crippen molar-refractivity contribution in [1.82, 2.24) is 4.90 Å². The second kappa shape index (κ2) is 9.76. The first-order valence-electron chi connectivity index (χ1n) is 11.3. The number of rotatable bonds is 8. The van der Waals surface area contributed by atoms with Crippen LogP contribution in [0.4, 0.5) is 0 Å². The van der Waals surface area contributed by atoms with Crippen molar-refractivity contribution in [2.75, 3.05) is 20.2 Å². The van der Waals surface area contributed by atoms with E-state index in [2.05, 4.69) is 60.4 Å². The Labute approximate surface area is 191 Å². The molecule has 1 saturated heterocycles. The Morgan fingerprint density at radius 2 is 1.62 bits per heavy atom. The third kappa shape index (κ3) is 4.82. The lowest BCUT2D eigenvalue weighted by molar-refractivity contribution is 0.0474. The van der Waals surface area contributed by atoms with Gasteiger partial charge in [-0.3, -0.25) is 4.90 Å². The van der Waals surface area contributed by atoms with Gasteiger partial charge in [0, 0.05) is 31.0 Å². The van der Waals surface area contributed by atoms with E-state index in [4.69, 9.17) is 9.47 Å². The number of ether oxygens (including phenoxy) is 2. The molecule has 3 atom stereocenters. The van der Waals surface area contributed by atoms with Crippen LogP contribution in [0.3, 0.4) is 0 Å². The van der Waals surface area contributed by atoms with Crippen molar-refractivity contribution >= 4 is 0 Å². The van der Waals surface area contributed by atoms with E-state index < -0.39 is 6.10 Å². The topological polar surface area (TPSA) is 41.9 Å². The van der Waals surface area contributed by atoms with Gasteiger partial charge in [0.25, 0.3) is 0 Å². The second-order valence-electron chi connectivity index (χ2n) is 9.07. The molecular weight excluding hydrogens is 398 g/mol. The fraction of sp³-hybridized carbons (Fsp3) is 0.357. The molecule has 0 aromatic heterocycles. The summed E-state index contributed by atoms with van der Waals surface area (Å²) in [5.41, 5.74) is 3.33. The molecular formula is C28H33NO3. The van der Waals surface area contributed by atoms with Gasteiger partial charge in [0.1, 0.15) is 6.61 Å². The van der Waals surface area contributed by atoms with E-state index in [1.165, 1.54) is 11.1 Å². The number of aliphatic hydroxyl groups is 1. The van der Waals surface area contributed by atoms with Crippen molar-refractivity contribution < 1.29 is 14.6 Å². The minimum atomic E-state index is -0.427. The van der Waals surface area contributed by atoms with Crippen molar-refractivity contribution in [3.63, 3.8) is 0 Å². The monoisotopic (exact) mass is 431 g/mol. The molecule has 32 heavy (non-hydrogen) atoms. The van der Waals surface area contributed by atoms with Gasteiger partial charge < -0.3 is 14.6 Å². The van der Waals surface area contributed by atoms with Crippen molar-refractivity contribution in [2.24, 2.45) is 5.41 Å². The molecule has 0 spiro atoms. The predicted molar refractivity (Wildman–Crippen MR) is 128 cm³/mol. The third-order valence-electron chi connectivity index (χ3n) is 6.83. The van der Waals surface area contributed by atoms with E-state index in [1.54, 1.807) is 7.11 Å². The van der Waals surface area contributed by atoms with Crippen LogP contribution in [0.5, 0.6) is 11.5 Å². The molecule has 3 aromatic carbocycles. The highest BCUT2D eigenvalue weighted by Crippen LogP contribution is 2.47. The molecule has 0 saturated carbocycles. The average Bonchev–Trinajstić information content (AvgIpc) is 3.16. The number of hydrogen-bond donors (Lipinski definition) is 1. The first-order valence-corrected chi connectivity index (χ1v) is 11.3. The predicted octanol–water partition coefficient (Wildman–Crippen LogP) is 5.26. The fourth-order valence-electron chi connectivity index (χ4n) is 4.75. The maximum absolute atomic E-state index is 10.8. The van der Waals surface area contributed by atoms with Crippen molar-refractivity contribution in [1.29, 1.82) is 0 Å². The summed E-state index contributed by atoms with van der Waals surface area (Å²) in [5, 5.41) is 10.8. The molecule has 3 unspecified atom stereocenters. The van der Waals surface area contributed by atoms with Gasteiger partial charge in [-0.05, 0) is 35.7 Å². The molecule has 0 bridgehead atoms. The van der Waals surface area contributed by atoms with E-state index in [1.807, 2.05) is 37.3 Å². The van der Waals surface area contributed by atoms with Gasteiger partial charge in [0.05, 0.1) is 13.2 Å². The quantitative estimate of drug-likeness (QED) is 0.528. The highest BCUT2D eigenvalue weighted by molar-refractivity contribution is 5.45. The first-order chi connectivity index (χ1) is 15.5. The SMILES string of the molecule is COc1ccc(C2CN(Cc3ccccc3)CC2(C)C(C)O)cc1OCc1ccccc1. The van der Waals surface area contributed by atoms with E-state index in [0.29, 0.717) is 6.61 Å². The minimum absolute atomic E-state index is 0.191. The third-order valence-corrected chi connectivity index (χ3v) is 6.83. The Hall–Kier alpha value is -2.82. The van der Waals surface area contributed by atoms with Crippen LogP contribution in [0.2, 0.25) is 0 Å². The zero-order valence-corrected chi connectivity index (χ0v) is 19.2. The van der Waals surface area contributed by atoms with Gasteiger partial charge >= 0.3 is 0 Å². The van der Waals surface area contributed by atoms with Gasteiger partial charge in [-0.15, -0.1) is 0 Å². The van der Waals surface area contributed by atoms with E-state index >= 15 is 0 Å². The summed E-state index contributed by atoms with van der Waals surface area (Å²) >= 11 is 0. The molecule has 1 heterocycles. The molecule has 168 valence electrons. The summed E-state index contributed by atoms with van der Waals surface area (Å²) in [6, 6.07) is 26.9. The Balaban J connectivity index is 1.58. The standard InChI is InChI=1S/C28H33NO3/c1-21(30)28(2)20-29(17-22-10-6-4-7-11-22)18-25(28)24-14-15-26(31-3)27(16-24)32-19-23-12-8-5-9-13-23/h4-16,21,25,30H,17-20H2,1-3H3. The maximum atomic E-state index is 10.8. The maximum Gasteiger partial charge on any atom is 0.161 e. The summed E-state index contributed by atoms with van der Waals surface area (Å²) in [6.45, 7) is 7.21. The molecule has 0 amide bonds. The number of likely N-dealkylation sites (tertiary alicyclic amines) is 1. The number of methoxy groups -OCH3 is 1. The Kier molecular flexibility index (Phi) is 6.83. The number of nitrogens with zero attached hydrogens (tertiary/aromatic N) is 1. The summed E-state index contributed by atoms with van der Waals surface area (Å²) in [6.07, 6.45) is -0.427. The van der Waals surface area contributed by atoms with Crippen molar-refractivity contribution in [2.45, 2.75) is 39.0 Å². The molecule has 1 fully saturated rings. The second-order valence-corrected chi connectivity index (χ2v) is 9.07. The molecule has 0 aliphatic carbocycles. The number of hydrogen-bond acceptors (Lipinski definition) is 4. The van der Waals surface area contributed by atoms with Crippen LogP contribution in [0.25, 0.3) is 0 Å². The van der Waals surface area contributed by atoms with Crippen LogP contribution in [0.1, 0.15) is 36.5 Å². The fourth-order valence-corrected chi connectivity index (χ4v) is 4.75. The van der Waals surface area contributed by atoms with Crippen LogP contribution < -0.4 is 9.47 Å². The van der Waals surface area contributed by atoms with Gasteiger partial charge in [-0.25, -0.2) is 0 Å². The first kappa shape index (κ1) is 22.4. The molecule has 3 aromatic rings. The van der Waals surface area contributed by atoms with Gasteiger partial charge in [-0.1, -0.05) is 73.7 Å². The Bertz CT molecular complexity index is 1010. The molecule has 4 heteroatoms. The lowest BCUT2D eigenvalue weighted by atomic mass is 9.72. The lowest BCUT2D eigenvalue weighted by Crippen LogP contribution is -2.37. The van der Waals surface area contributed by atoms with E-state index in [-0.39, 0.29) is 11.3 Å². The zero-order valence-electron chi connectivity index (χ0n) is 19.2. The molecule has 1 aliphatic heterocycles. The largest absolute Gasteiger partial charge is 0.493 e. The minimum Gasteiger partial charge on any atom is -0.493 e. The van der Waals surface area contributed by atoms with Crippen LogP contribution in [0, 0.1) is 5.41 Å². The van der Waals surface area contributed by atoms with E-state index in [9.17, 15) is 5.11 Å². The summed E-state index contributed by atoms with van der Waals surface area (Å²) in [4.78, 5) is 2.45. The molecule has 4 nitrogen and oxygen atoms in total. The Morgan fingerprint density at radius 1 is 0.969 bits per heavy atom. The Morgan fingerprint density at radius 3 is 2.25 bits per heavy atom. The normalized spacial score (nSPS) is 21.9.